The molecule has 4 nitrogen and oxygen atoms in total. The van der Waals surface area contributed by atoms with Crippen LogP contribution in [0.4, 0.5) is 0 Å². The van der Waals surface area contributed by atoms with Gasteiger partial charge in [0.2, 0.25) is 0 Å². The van der Waals surface area contributed by atoms with Crippen LogP contribution in [0.5, 0.6) is 0 Å². The molecule has 1 amide bonds. The highest BCUT2D eigenvalue weighted by molar-refractivity contribution is 7.14. The van der Waals surface area contributed by atoms with Crippen LogP contribution in [0.1, 0.15) is 33.8 Å². The minimum absolute atomic E-state index is 0.162. The minimum atomic E-state index is 0.162. The average Bonchev–Trinajstić information content (AvgIpc) is 3.09. The Morgan fingerprint density at radius 3 is 3.05 bits per heavy atom. The number of nitrogens with zero attached hydrogens (tertiary/aromatic N) is 2. The van der Waals surface area contributed by atoms with E-state index in [4.69, 9.17) is 5.73 Å². The number of amides is 1. The van der Waals surface area contributed by atoms with E-state index in [-0.39, 0.29) is 5.91 Å². The maximum absolute atomic E-state index is 12.7. The lowest BCUT2D eigenvalue weighted by atomic mass is 10.2. The van der Waals surface area contributed by atoms with Gasteiger partial charge in [-0.2, -0.15) is 0 Å². The highest BCUT2D eigenvalue weighted by Gasteiger charge is 2.31. The monoisotopic (exact) mass is 303 g/mol. The molecular weight excluding hydrogens is 282 g/mol. The number of rotatable bonds is 1. The van der Waals surface area contributed by atoms with Crippen LogP contribution in [0.15, 0.2) is 12.1 Å². The molecule has 5 heteroatoms. The smallest absolute Gasteiger partial charge is 0.264 e. The summed E-state index contributed by atoms with van der Waals surface area (Å²) in [5.41, 5.74) is 5.38. The van der Waals surface area contributed by atoms with Crippen molar-refractivity contribution in [2.75, 3.05) is 32.7 Å². The van der Waals surface area contributed by atoms with Gasteiger partial charge >= 0.3 is 0 Å². The fraction of sp³-hybridized carbons (Fsp3) is 0.562. The fourth-order valence-corrected chi connectivity index (χ4v) is 4.05. The van der Waals surface area contributed by atoms with Gasteiger partial charge in [0.25, 0.3) is 5.91 Å². The number of thiophene rings is 1. The summed E-state index contributed by atoms with van der Waals surface area (Å²) >= 11 is 1.47. The van der Waals surface area contributed by atoms with Crippen LogP contribution in [0, 0.1) is 11.8 Å². The van der Waals surface area contributed by atoms with E-state index in [1.54, 1.807) is 0 Å². The van der Waals surface area contributed by atoms with Gasteiger partial charge in [-0.3, -0.25) is 9.69 Å². The van der Waals surface area contributed by atoms with Gasteiger partial charge in [-0.25, -0.2) is 0 Å². The average molecular weight is 303 g/mol. The predicted octanol–water partition coefficient (Wildman–Crippen LogP) is 1.37. The Hall–Kier alpha value is -1.35. The molecule has 21 heavy (non-hydrogen) atoms. The molecule has 2 saturated heterocycles. The molecule has 2 fully saturated rings. The number of carbonyl (C=O) groups excluding carboxylic acids is 1. The van der Waals surface area contributed by atoms with Gasteiger partial charge < -0.3 is 10.6 Å². The quantitative estimate of drug-likeness (QED) is 0.797. The normalized spacial score (nSPS) is 22.3. The summed E-state index contributed by atoms with van der Waals surface area (Å²) in [6, 6.07) is 4.37. The number of hydrogen-bond acceptors (Lipinski definition) is 4. The number of fused-ring (bicyclic) bond motifs is 1. The van der Waals surface area contributed by atoms with Crippen LogP contribution in [0.2, 0.25) is 0 Å². The Bertz CT molecular complexity index is 572. The maximum atomic E-state index is 12.7. The minimum Gasteiger partial charge on any atom is -0.336 e. The Morgan fingerprint density at radius 2 is 2.19 bits per heavy atom. The molecular formula is C16H21N3OS. The van der Waals surface area contributed by atoms with E-state index in [0.29, 0.717) is 12.6 Å². The molecule has 0 aliphatic carbocycles. The van der Waals surface area contributed by atoms with Crippen molar-refractivity contribution in [2.24, 2.45) is 5.73 Å². The topological polar surface area (TPSA) is 49.6 Å². The van der Waals surface area contributed by atoms with Gasteiger partial charge in [0.1, 0.15) is 0 Å². The first-order valence-electron chi connectivity index (χ1n) is 7.60. The lowest BCUT2D eigenvalue weighted by molar-refractivity contribution is 0.0748. The molecule has 3 heterocycles. The van der Waals surface area contributed by atoms with Gasteiger partial charge in [-0.15, -0.1) is 11.3 Å². The Kier molecular flexibility index (Phi) is 4.59. The molecule has 0 bridgehead atoms. The highest BCUT2D eigenvalue weighted by atomic mass is 32.1. The van der Waals surface area contributed by atoms with E-state index in [2.05, 4.69) is 16.7 Å². The first-order valence-corrected chi connectivity index (χ1v) is 8.41. The predicted molar refractivity (Wildman–Crippen MR) is 85.4 cm³/mol. The summed E-state index contributed by atoms with van der Waals surface area (Å²) in [5, 5.41) is 0. The second-order valence-electron chi connectivity index (χ2n) is 5.61. The molecule has 3 rings (SSSR count). The van der Waals surface area contributed by atoms with Crippen molar-refractivity contribution in [3.05, 3.63) is 21.9 Å². The molecule has 112 valence electrons. The number of carbonyl (C=O) groups is 1. The lowest BCUT2D eigenvalue weighted by Gasteiger charge is -2.25. The lowest BCUT2D eigenvalue weighted by Crippen LogP contribution is -2.39. The van der Waals surface area contributed by atoms with Crippen molar-refractivity contribution in [3.63, 3.8) is 0 Å². The van der Waals surface area contributed by atoms with Gasteiger partial charge in [0, 0.05) is 25.7 Å². The van der Waals surface area contributed by atoms with E-state index in [9.17, 15) is 4.79 Å². The fourth-order valence-electron chi connectivity index (χ4n) is 3.21. The summed E-state index contributed by atoms with van der Waals surface area (Å²) in [4.78, 5) is 19.0. The molecule has 2 N–H and O–H groups in total. The summed E-state index contributed by atoms with van der Waals surface area (Å²) in [6.45, 7) is 4.43. The van der Waals surface area contributed by atoms with Gasteiger partial charge in [-0.1, -0.05) is 11.8 Å². The van der Waals surface area contributed by atoms with Gasteiger partial charge in [0.15, 0.2) is 0 Å². The van der Waals surface area contributed by atoms with Crippen molar-refractivity contribution in [1.29, 1.82) is 0 Å². The van der Waals surface area contributed by atoms with Crippen LogP contribution in [-0.2, 0) is 0 Å². The van der Waals surface area contributed by atoms with E-state index in [1.807, 2.05) is 17.0 Å². The van der Waals surface area contributed by atoms with Crippen LogP contribution < -0.4 is 5.73 Å². The van der Waals surface area contributed by atoms with Crippen LogP contribution in [-0.4, -0.2) is 54.5 Å². The number of hydrogen-bond donors (Lipinski definition) is 1. The van der Waals surface area contributed by atoms with Crippen LogP contribution in [0.3, 0.4) is 0 Å². The molecule has 1 aromatic rings. The number of nitrogens with two attached hydrogens (primary N) is 1. The van der Waals surface area contributed by atoms with Crippen LogP contribution in [0.25, 0.3) is 0 Å². The standard InChI is InChI=1S/C16H21N3OS/c17-8-1-5-14-6-7-15(21-14)16(20)19-11-3-10-18-9-2-4-13(18)12-19/h6-7,13H,2-4,8-12,17H2. The summed E-state index contributed by atoms with van der Waals surface area (Å²) in [7, 11) is 0. The Labute approximate surface area is 129 Å². The van der Waals surface area contributed by atoms with Crippen molar-refractivity contribution in [3.8, 4) is 11.8 Å². The molecule has 1 unspecified atom stereocenters. The molecule has 1 aromatic heterocycles. The third kappa shape index (κ3) is 3.29. The summed E-state index contributed by atoms with van der Waals surface area (Å²) < 4.78 is 0. The first kappa shape index (κ1) is 14.6. The molecule has 2 aliphatic heterocycles. The molecule has 0 aromatic carbocycles. The van der Waals surface area contributed by atoms with Crippen molar-refractivity contribution in [1.82, 2.24) is 9.80 Å². The summed E-state index contributed by atoms with van der Waals surface area (Å²) in [5.74, 6) is 5.99. The molecule has 1 atom stereocenters. The van der Waals surface area contributed by atoms with Crippen molar-refractivity contribution in [2.45, 2.75) is 25.3 Å². The van der Waals surface area contributed by atoms with Crippen LogP contribution >= 0.6 is 11.3 Å². The molecule has 0 spiro atoms. The maximum Gasteiger partial charge on any atom is 0.264 e. The third-order valence-electron chi connectivity index (χ3n) is 4.22. The second kappa shape index (κ2) is 6.61. The summed E-state index contributed by atoms with van der Waals surface area (Å²) in [6.07, 6.45) is 3.57. The zero-order chi connectivity index (χ0) is 14.7. The molecule has 2 aliphatic rings. The Balaban J connectivity index is 1.70. The molecule has 0 saturated carbocycles. The van der Waals surface area contributed by atoms with E-state index in [0.717, 1.165) is 35.8 Å². The van der Waals surface area contributed by atoms with E-state index < -0.39 is 0 Å². The Morgan fingerprint density at radius 1 is 1.33 bits per heavy atom. The van der Waals surface area contributed by atoms with Crippen molar-refractivity contribution >= 4 is 17.2 Å². The van der Waals surface area contributed by atoms with E-state index >= 15 is 0 Å². The van der Waals surface area contributed by atoms with Gasteiger partial charge in [0.05, 0.1) is 16.3 Å². The SMILES string of the molecule is NCC#Cc1ccc(C(=O)N2CCCN3CCCC3C2)s1. The molecule has 0 radical (unpaired) electrons. The van der Waals surface area contributed by atoms with E-state index in [1.165, 1.54) is 30.7 Å². The zero-order valence-corrected chi connectivity index (χ0v) is 13.0. The van der Waals surface area contributed by atoms with Crippen molar-refractivity contribution < 1.29 is 4.79 Å². The zero-order valence-electron chi connectivity index (χ0n) is 12.2. The third-order valence-corrected chi connectivity index (χ3v) is 5.21. The largest absolute Gasteiger partial charge is 0.336 e. The first-order chi connectivity index (χ1) is 10.3. The highest BCUT2D eigenvalue weighted by Crippen LogP contribution is 2.24. The van der Waals surface area contributed by atoms with Gasteiger partial charge in [-0.05, 0) is 37.9 Å². The second-order valence-corrected chi connectivity index (χ2v) is 6.69.